The lowest BCUT2D eigenvalue weighted by Crippen LogP contribution is -2.34. The minimum absolute atomic E-state index is 0.0849. The van der Waals surface area contributed by atoms with Gasteiger partial charge in [0.05, 0.1) is 18.2 Å². The van der Waals surface area contributed by atoms with Crippen molar-refractivity contribution < 1.29 is 17.9 Å². The van der Waals surface area contributed by atoms with Crippen LogP contribution in [-0.4, -0.2) is 12.1 Å². The molecule has 104 valence electrons. The predicted molar refractivity (Wildman–Crippen MR) is 64.4 cm³/mol. The number of nitrogens with zero attached hydrogens (tertiary/aromatic N) is 1. The molecule has 0 saturated heterocycles. The first-order chi connectivity index (χ1) is 8.76. The van der Waals surface area contributed by atoms with Crippen LogP contribution in [0.15, 0.2) is 24.3 Å². The Hall–Kier alpha value is -1.74. The van der Waals surface area contributed by atoms with E-state index in [1.165, 1.54) is 18.2 Å². The molecule has 1 aromatic carbocycles. The summed E-state index contributed by atoms with van der Waals surface area (Å²) in [6, 6.07) is 6.95. The van der Waals surface area contributed by atoms with Crippen LogP contribution in [0, 0.1) is 11.3 Å². The van der Waals surface area contributed by atoms with E-state index in [1.807, 2.05) is 6.07 Å². The summed E-state index contributed by atoms with van der Waals surface area (Å²) in [6.07, 6.45) is -3.67. The Balaban J connectivity index is 2.58. The van der Waals surface area contributed by atoms with Gasteiger partial charge < -0.3 is 10.5 Å². The van der Waals surface area contributed by atoms with Crippen molar-refractivity contribution >= 4 is 0 Å². The van der Waals surface area contributed by atoms with Crippen LogP contribution >= 0.6 is 0 Å². The van der Waals surface area contributed by atoms with E-state index in [0.717, 1.165) is 6.07 Å². The van der Waals surface area contributed by atoms with E-state index in [-0.39, 0.29) is 12.4 Å². The van der Waals surface area contributed by atoms with Gasteiger partial charge in [-0.25, -0.2) is 0 Å². The van der Waals surface area contributed by atoms with E-state index < -0.39 is 17.3 Å². The number of hydrogen-bond acceptors (Lipinski definition) is 3. The summed E-state index contributed by atoms with van der Waals surface area (Å²) in [4.78, 5) is 0. The quantitative estimate of drug-likeness (QED) is 0.838. The van der Waals surface area contributed by atoms with Crippen molar-refractivity contribution in [1.29, 1.82) is 5.26 Å². The fourth-order valence-electron chi connectivity index (χ4n) is 1.50. The van der Waals surface area contributed by atoms with E-state index >= 15 is 0 Å². The van der Waals surface area contributed by atoms with Gasteiger partial charge in [0, 0.05) is 0 Å². The van der Waals surface area contributed by atoms with Crippen LogP contribution in [0.3, 0.4) is 0 Å². The Morgan fingerprint density at radius 2 is 1.95 bits per heavy atom. The molecule has 0 radical (unpaired) electrons. The molecular weight excluding hydrogens is 257 g/mol. The zero-order valence-electron chi connectivity index (χ0n) is 10.5. The highest BCUT2D eigenvalue weighted by Crippen LogP contribution is 2.35. The minimum Gasteiger partial charge on any atom is -0.493 e. The lowest BCUT2D eigenvalue weighted by atomic mass is 10.00. The Morgan fingerprint density at radius 1 is 1.32 bits per heavy atom. The molecule has 1 atom stereocenters. The van der Waals surface area contributed by atoms with Crippen molar-refractivity contribution in [3.8, 4) is 11.8 Å². The van der Waals surface area contributed by atoms with Gasteiger partial charge in [0.2, 0.25) is 0 Å². The van der Waals surface area contributed by atoms with E-state index in [2.05, 4.69) is 0 Å². The Kier molecular flexibility index (Phi) is 4.78. The molecule has 0 fully saturated rings. The van der Waals surface area contributed by atoms with Gasteiger partial charge in [-0.15, -0.1) is 0 Å². The van der Waals surface area contributed by atoms with E-state index in [0.29, 0.717) is 12.8 Å². The van der Waals surface area contributed by atoms with Crippen molar-refractivity contribution in [2.45, 2.75) is 31.5 Å². The first-order valence-corrected chi connectivity index (χ1v) is 5.75. The molecule has 1 aromatic rings. The third-order valence-corrected chi connectivity index (χ3v) is 2.55. The van der Waals surface area contributed by atoms with Crippen LogP contribution in [0.5, 0.6) is 5.75 Å². The maximum atomic E-state index is 12.7. The molecule has 0 amide bonds. The van der Waals surface area contributed by atoms with Gasteiger partial charge >= 0.3 is 6.18 Å². The van der Waals surface area contributed by atoms with Gasteiger partial charge in [0.15, 0.2) is 0 Å². The zero-order valence-corrected chi connectivity index (χ0v) is 10.5. The first-order valence-electron chi connectivity index (χ1n) is 5.75. The average Bonchev–Trinajstić information content (AvgIpc) is 2.34. The molecule has 0 aliphatic heterocycles. The SMILES string of the molecule is CC(N)(C#N)CCCOc1ccccc1C(F)(F)F. The third-order valence-electron chi connectivity index (χ3n) is 2.55. The summed E-state index contributed by atoms with van der Waals surface area (Å²) in [5.41, 5.74) is 3.82. The molecule has 0 bridgehead atoms. The van der Waals surface area contributed by atoms with Gasteiger partial charge in [-0.1, -0.05) is 12.1 Å². The maximum Gasteiger partial charge on any atom is 0.419 e. The van der Waals surface area contributed by atoms with Crippen molar-refractivity contribution in [2.75, 3.05) is 6.61 Å². The number of alkyl halides is 3. The first kappa shape index (κ1) is 15.3. The van der Waals surface area contributed by atoms with Crippen LogP contribution in [-0.2, 0) is 6.18 Å². The van der Waals surface area contributed by atoms with Crippen LogP contribution < -0.4 is 10.5 Å². The fraction of sp³-hybridized carbons (Fsp3) is 0.462. The van der Waals surface area contributed by atoms with Crippen molar-refractivity contribution in [3.05, 3.63) is 29.8 Å². The summed E-state index contributed by atoms with van der Waals surface area (Å²) in [5.74, 6) is -0.203. The predicted octanol–water partition coefficient (Wildman–Crippen LogP) is 3.11. The molecule has 19 heavy (non-hydrogen) atoms. The summed E-state index contributed by atoms with van der Waals surface area (Å²) in [7, 11) is 0. The lowest BCUT2D eigenvalue weighted by Gasteiger charge is -2.16. The number of rotatable bonds is 5. The average molecular weight is 272 g/mol. The number of para-hydroxylation sites is 1. The zero-order chi connectivity index (χ0) is 14.5. The smallest absolute Gasteiger partial charge is 0.419 e. The molecule has 0 aliphatic rings. The molecule has 6 heteroatoms. The van der Waals surface area contributed by atoms with E-state index in [9.17, 15) is 13.2 Å². The Morgan fingerprint density at radius 3 is 2.53 bits per heavy atom. The van der Waals surface area contributed by atoms with Crippen LogP contribution in [0.4, 0.5) is 13.2 Å². The van der Waals surface area contributed by atoms with Crippen molar-refractivity contribution in [1.82, 2.24) is 0 Å². The largest absolute Gasteiger partial charge is 0.493 e. The third kappa shape index (κ3) is 4.79. The van der Waals surface area contributed by atoms with Gasteiger partial charge in [0.1, 0.15) is 11.3 Å². The normalized spacial score (nSPS) is 14.5. The standard InChI is InChI=1S/C13H15F3N2O/c1-12(18,9-17)7-4-8-19-11-6-3-2-5-10(11)13(14,15)16/h2-3,5-6H,4,7-8,18H2,1H3. The monoisotopic (exact) mass is 272 g/mol. The topological polar surface area (TPSA) is 59.0 Å². The number of benzene rings is 1. The second-order valence-electron chi connectivity index (χ2n) is 4.48. The van der Waals surface area contributed by atoms with E-state index in [1.54, 1.807) is 6.92 Å². The molecule has 0 aliphatic carbocycles. The van der Waals surface area contributed by atoms with Crippen LogP contribution in [0.25, 0.3) is 0 Å². The highest BCUT2D eigenvalue weighted by Gasteiger charge is 2.33. The molecule has 1 unspecified atom stereocenters. The summed E-state index contributed by atoms with van der Waals surface area (Å²) in [6.45, 7) is 1.65. The summed E-state index contributed by atoms with van der Waals surface area (Å²) < 4.78 is 43.1. The molecule has 2 N–H and O–H groups in total. The fourth-order valence-corrected chi connectivity index (χ4v) is 1.50. The van der Waals surface area contributed by atoms with Gasteiger partial charge in [-0.05, 0) is 31.9 Å². The molecule has 0 heterocycles. The molecule has 0 spiro atoms. The van der Waals surface area contributed by atoms with E-state index in [4.69, 9.17) is 15.7 Å². The lowest BCUT2D eigenvalue weighted by molar-refractivity contribution is -0.139. The minimum atomic E-state index is -4.44. The Bertz CT molecular complexity index is 464. The molecule has 3 nitrogen and oxygen atoms in total. The second kappa shape index (κ2) is 5.93. The van der Waals surface area contributed by atoms with Gasteiger partial charge in [-0.2, -0.15) is 18.4 Å². The number of nitriles is 1. The second-order valence-corrected chi connectivity index (χ2v) is 4.48. The van der Waals surface area contributed by atoms with Gasteiger partial charge in [-0.3, -0.25) is 0 Å². The summed E-state index contributed by atoms with van der Waals surface area (Å²) >= 11 is 0. The number of nitrogens with two attached hydrogens (primary N) is 1. The molecule has 1 rings (SSSR count). The molecular formula is C13H15F3N2O. The molecule has 0 saturated carbocycles. The van der Waals surface area contributed by atoms with Crippen molar-refractivity contribution in [2.24, 2.45) is 5.73 Å². The van der Waals surface area contributed by atoms with Crippen LogP contribution in [0.1, 0.15) is 25.3 Å². The Labute approximate surface area is 109 Å². The highest BCUT2D eigenvalue weighted by atomic mass is 19.4. The van der Waals surface area contributed by atoms with Gasteiger partial charge in [0.25, 0.3) is 0 Å². The van der Waals surface area contributed by atoms with Crippen LogP contribution in [0.2, 0.25) is 0 Å². The number of ether oxygens (including phenoxy) is 1. The highest BCUT2D eigenvalue weighted by molar-refractivity contribution is 5.35. The van der Waals surface area contributed by atoms with Crippen molar-refractivity contribution in [3.63, 3.8) is 0 Å². The summed E-state index contributed by atoms with van der Waals surface area (Å²) in [5, 5.41) is 8.70. The number of halogens is 3. The molecule has 0 aromatic heterocycles. The number of hydrogen-bond donors (Lipinski definition) is 1. The maximum absolute atomic E-state index is 12.7.